The summed E-state index contributed by atoms with van der Waals surface area (Å²) >= 11 is 0. The van der Waals surface area contributed by atoms with Gasteiger partial charge in [0.25, 0.3) is 0 Å². The SMILES string of the molecule is CCN(C)Cc1cccc(CNC(=NC)NCC(C)Oc2ccccc2OC)c1. The number of para-hydroxylation sites is 2. The largest absolute Gasteiger partial charge is 0.493 e. The maximum Gasteiger partial charge on any atom is 0.191 e. The first-order valence-corrected chi connectivity index (χ1v) is 10.1. The van der Waals surface area contributed by atoms with E-state index in [4.69, 9.17) is 9.47 Å². The molecule has 0 fully saturated rings. The zero-order chi connectivity index (χ0) is 21.1. The number of rotatable bonds is 10. The first kappa shape index (κ1) is 22.6. The van der Waals surface area contributed by atoms with Crippen molar-refractivity contribution >= 4 is 5.96 Å². The number of ether oxygens (including phenoxy) is 2. The second-order valence-corrected chi connectivity index (χ2v) is 7.04. The Balaban J connectivity index is 1.82. The van der Waals surface area contributed by atoms with Crippen molar-refractivity contribution in [2.75, 3.05) is 34.3 Å². The molecule has 2 N–H and O–H groups in total. The van der Waals surface area contributed by atoms with Crippen LogP contribution >= 0.6 is 0 Å². The van der Waals surface area contributed by atoms with Gasteiger partial charge >= 0.3 is 0 Å². The summed E-state index contributed by atoms with van der Waals surface area (Å²) in [6.07, 6.45) is -0.0437. The highest BCUT2D eigenvalue weighted by Gasteiger charge is 2.09. The highest BCUT2D eigenvalue weighted by molar-refractivity contribution is 5.79. The minimum atomic E-state index is -0.0437. The van der Waals surface area contributed by atoms with Gasteiger partial charge in [-0.3, -0.25) is 4.99 Å². The molecule has 2 aromatic carbocycles. The third kappa shape index (κ3) is 7.66. The smallest absolute Gasteiger partial charge is 0.191 e. The van der Waals surface area contributed by atoms with Gasteiger partial charge in [-0.1, -0.05) is 43.3 Å². The van der Waals surface area contributed by atoms with Gasteiger partial charge in [0, 0.05) is 20.1 Å². The normalized spacial score (nSPS) is 12.6. The van der Waals surface area contributed by atoms with Crippen LogP contribution in [0, 0.1) is 0 Å². The first-order chi connectivity index (χ1) is 14.0. The summed E-state index contributed by atoms with van der Waals surface area (Å²) in [7, 11) is 5.55. The van der Waals surface area contributed by atoms with E-state index < -0.39 is 0 Å². The van der Waals surface area contributed by atoms with E-state index in [-0.39, 0.29) is 6.10 Å². The van der Waals surface area contributed by atoms with Crippen LogP contribution in [0.1, 0.15) is 25.0 Å². The van der Waals surface area contributed by atoms with Gasteiger partial charge < -0.3 is 25.0 Å². The second-order valence-electron chi connectivity index (χ2n) is 7.04. The van der Waals surface area contributed by atoms with Gasteiger partial charge in [0.15, 0.2) is 17.5 Å². The molecule has 0 spiro atoms. The van der Waals surface area contributed by atoms with E-state index in [1.807, 2.05) is 31.2 Å². The quantitative estimate of drug-likeness (QED) is 0.475. The lowest BCUT2D eigenvalue weighted by Gasteiger charge is -2.19. The van der Waals surface area contributed by atoms with Gasteiger partial charge in [0.2, 0.25) is 0 Å². The fourth-order valence-corrected chi connectivity index (χ4v) is 2.88. The summed E-state index contributed by atoms with van der Waals surface area (Å²) in [5.41, 5.74) is 2.55. The van der Waals surface area contributed by atoms with Crippen LogP contribution in [0.2, 0.25) is 0 Å². The van der Waals surface area contributed by atoms with Crippen molar-refractivity contribution in [1.29, 1.82) is 0 Å². The van der Waals surface area contributed by atoms with Crippen molar-refractivity contribution in [2.45, 2.75) is 33.0 Å². The Labute approximate surface area is 174 Å². The third-order valence-electron chi connectivity index (χ3n) is 4.62. The number of aliphatic imine (C=N–C) groups is 1. The molecule has 1 atom stereocenters. The lowest BCUT2D eigenvalue weighted by molar-refractivity contribution is 0.213. The van der Waals surface area contributed by atoms with Crippen molar-refractivity contribution in [2.24, 2.45) is 4.99 Å². The molecule has 0 aromatic heterocycles. The number of benzene rings is 2. The summed E-state index contributed by atoms with van der Waals surface area (Å²) in [5.74, 6) is 2.22. The van der Waals surface area contributed by atoms with Crippen molar-refractivity contribution in [1.82, 2.24) is 15.5 Å². The van der Waals surface area contributed by atoms with Crippen LogP contribution in [-0.4, -0.2) is 51.3 Å². The van der Waals surface area contributed by atoms with E-state index in [9.17, 15) is 0 Å². The van der Waals surface area contributed by atoms with Gasteiger partial charge in [-0.2, -0.15) is 0 Å². The van der Waals surface area contributed by atoms with E-state index in [0.717, 1.165) is 30.5 Å². The predicted molar refractivity (Wildman–Crippen MR) is 120 cm³/mol. The average Bonchev–Trinajstić information content (AvgIpc) is 2.74. The lowest BCUT2D eigenvalue weighted by atomic mass is 10.1. The summed E-state index contributed by atoms with van der Waals surface area (Å²) in [6, 6.07) is 16.3. The molecular weight excluding hydrogens is 364 g/mol. The molecule has 2 rings (SSSR count). The zero-order valence-corrected chi connectivity index (χ0v) is 18.2. The van der Waals surface area contributed by atoms with Crippen LogP contribution in [0.3, 0.4) is 0 Å². The van der Waals surface area contributed by atoms with Gasteiger partial charge in [0.05, 0.1) is 13.7 Å². The summed E-state index contributed by atoms with van der Waals surface area (Å²) < 4.78 is 11.3. The fourth-order valence-electron chi connectivity index (χ4n) is 2.88. The number of nitrogens with one attached hydrogen (secondary N) is 2. The number of guanidine groups is 1. The van der Waals surface area contributed by atoms with Gasteiger partial charge in [0.1, 0.15) is 6.10 Å². The Kier molecular flexibility index (Phi) is 9.31. The molecule has 0 aliphatic rings. The van der Waals surface area contributed by atoms with Crippen LogP contribution < -0.4 is 20.1 Å². The minimum absolute atomic E-state index is 0.0437. The lowest BCUT2D eigenvalue weighted by Crippen LogP contribution is -2.41. The third-order valence-corrected chi connectivity index (χ3v) is 4.62. The summed E-state index contributed by atoms with van der Waals surface area (Å²) in [5, 5.41) is 6.69. The van der Waals surface area contributed by atoms with E-state index in [2.05, 4.69) is 58.8 Å². The van der Waals surface area contributed by atoms with Crippen LogP contribution in [-0.2, 0) is 13.1 Å². The highest BCUT2D eigenvalue weighted by atomic mass is 16.5. The molecule has 6 heteroatoms. The van der Waals surface area contributed by atoms with Crippen molar-refractivity contribution < 1.29 is 9.47 Å². The number of nitrogens with zero attached hydrogens (tertiary/aromatic N) is 2. The molecule has 0 amide bonds. The first-order valence-electron chi connectivity index (χ1n) is 10.1. The zero-order valence-electron chi connectivity index (χ0n) is 18.2. The number of hydrogen-bond acceptors (Lipinski definition) is 4. The average molecular weight is 399 g/mol. The van der Waals surface area contributed by atoms with Gasteiger partial charge in [-0.15, -0.1) is 0 Å². The Hall–Kier alpha value is -2.73. The van der Waals surface area contributed by atoms with E-state index in [1.165, 1.54) is 11.1 Å². The molecule has 0 aliphatic heterocycles. The van der Waals surface area contributed by atoms with Crippen molar-refractivity contribution in [3.63, 3.8) is 0 Å². The molecule has 0 radical (unpaired) electrons. The fraction of sp³-hybridized carbons (Fsp3) is 0.435. The Morgan fingerprint density at radius 1 is 1.07 bits per heavy atom. The predicted octanol–water partition coefficient (Wildman–Crippen LogP) is 3.28. The van der Waals surface area contributed by atoms with Crippen LogP contribution in [0.25, 0.3) is 0 Å². The minimum Gasteiger partial charge on any atom is -0.493 e. The number of methoxy groups -OCH3 is 1. The molecule has 0 bridgehead atoms. The molecule has 0 saturated carbocycles. The Morgan fingerprint density at radius 3 is 2.48 bits per heavy atom. The van der Waals surface area contributed by atoms with Crippen LogP contribution in [0.5, 0.6) is 11.5 Å². The highest BCUT2D eigenvalue weighted by Crippen LogP contribution is 2.26. The Morgan fingerprint density at radius 2 is 1.79 bits per heavy atom. The molecule has 0 heterocycles. The summed E-state index contributed by atoms with van der Waals surface area (Å²) in [4.78, 5) is 6.59. The molecule has 158 valence electrons. The molecule has 0 saturated heterocycles. The van der Waals surface area contributed by atoms with E-state index in [0.29, 0.717) is 13.1 Å². The van der Waals surface area contributed by atoms with Gasteiger partial charge in [-0.05, 0) is 43.8 Å². The Bertz CT molecular complexity index is 779. The van der Waals surface area contributed by atoms with Crippen molar-refractivity contribution in [3.8, 4) is 11.5 Å². The standard InChI is InChI=1S/C23H34N4O2/c1-6-27(4)17-20-11-9-10-19(14-20)16-26-23(24-3)25-15-18(2)29-22-13-8-7-12-21(22)28-5/h7-14,18H,6,15-17H2,1-5H3,(H2,24,25,26). The van der Waals surface area contributed by atoms with Crippen LogP contribution in [0.4, 0.5) is 0 Å². The molecule has 6 nitrogen and oxygen atoms in total. The van der Waals surface area contributed by atoms with E-state index in [1.54, 1.807) is 14.2 Å². The van der Waals surface area contributed by atoms with E-state index >= 15 is 0 Å². The maximum absolute atomic E-state index is 5.98. The molecule has 1 unspecified atom stereocenters. The molecule has 29 heavy (non-hydrogen) atoms. The summed E-state index contributed by atoms with van der Waals surface area (Å²) in [6.45, 7) is 7.51. The number of hydrogen-bond donors (Lipinski definition) is 2. The maximum atomic E-state index is 5.98. The van der Waals surface area contributed by atoms with Gasteiger partial charge in [-0.25, -0.2) is 0 Å². The molecular formula is C23H34N4O2. The topological polar surface area (TPSA) is 58.1 Å². The monoisotopic (exact) mass is 398 g/mol. The van der Waals surface area contributed by atoms with Crippen molar-refractivity contribution in [3.05, 3.63) is 59.7 Å². The van der Waals surface area contributed by atoms with Crippen LogP contribution in [0.15, 0.2) is 53.5 Å². The molecule has 2 aromatic rings. The molecule has 0 aliphatic carbocycles. The second kappa shape index (κ2) is 12.0.